The summed E-state index contributed by atoms with van der Waals surface area (Å²) in [6, 6.07) is 13.5. The lowest BCUT2D eigenvalue weighted by molar-refractivity contribution is -0.128. The van der Waals surface area contributed by atoms with Crippen LogP contribution in [0.3, 0.4) is 0 Å². The van der Waals surface area contributed by atoms with Crippen molar-refractivity contribution in [1.29, 1.82) is 0 Å². The number of hydrogen-bond acceptors (Lipinski definition) is 7. The van der Waals surface area contributed by atoms with Crippen LogP contribution in [-0.4, -0.2) is 34.9 Å². The van der Waals surface area contributed by atoms with Crippen LogP contribution >= 0.6 is 11.3 Å². The highest BCUT2D eigenvalue weighted by Crippen LogP contribution is 2.36. The predicted molar refractivity (Wildman–Crippen MR) is 125 cm³/mol. The summed E-state index contributed by atoms with van der Waals surface area (Å²) in [7, 11) is 0. The van der Waals surface area contributed by atoms with Crippen LogP contribution in [0.1, 0.15) is 34.9 Å². The van der Waals surface area contributed by atoms with Gasteiger partial charge in [-0.25, -0.2) is 9.78 Å². The van der Waals surface area contributed by atoms with Crippen molar-refractivity contribution in [3.8, 4) is 5.75 Å². The number of hydrogen-bond donors (Lipinski definition) is 1. The van der Waals surface area contributed by atoms with Crippen LogP contribution in [0.15, 0.2) is 53.9 Å². The van der Waals surface area contributed by atoms with Gasteiger partial charge in [-0.2, -0.15) is 0 Å². The molecule has 33 heavy (non-hydrogen) atoms. The first-order valence-corrected chi connectivity index (χ1v) is 11.2. The zero-order valence-corrected chi connectivity index (χ0v) is 19.3. The highest BCUT2D eigenvalue weighted by Gasteiger charge is 2.43. The Labute approximate surface area is 195 Å². The third-order valence-corrected chi connectivity index (χ3v) is 6.03. The van der Waals surface area contributed by atoms with Gasteiger partial charge < -0.3 is 14.8 Å². The number of fused-ring (bicyclic) bond motifs is 1. The van der Waals surface area contributed by atoms with Gasteiger partial charge in [-0.05, 0) is 51.1 Å². The van der Waals surface area contributed by atoms with E-state index in [2.05, 4.69) is 10.3 Å². The summed E-state index contributed by atoms with van der Waals surface area (Å²) in [5.41, 5.74) is 1.01. The maximum atomic E-state index is 13.0. The van der Waals surface area contributed by atoms with Gasteiger partial charge >= 0.3 is 5.97 Å². The minimum absolute atomic E-state index is 0.255. The standard InChI is InChI=1S/C24H23N3O5S/c1-15-25-17(14-33-15)12-31-18-8-6-7-16(11-18)22(29)32-13-21(28)27-20-10-5-4-9-19(20)26-23(30)24(27,2)3/h4-11,14H,12-13H2,1-3H3,(H,26,30). The molecule has 1 N–H and O–H groups in total. The second-order valence-corrected chi connectivity index (χ2v) is 9.07. The van der Waals surface area contributed by atoms with Crippen molar-refractivity contribution in [2.24, 2.45) is 0 Å². The molecule has 2 amide bonds. The van der Waals surface area contributed by atoms with E-state index in [1.807, 2.05) is 12.3 Å². The molecule has 0 bridgehead atoms. The molecule has 8 nitrogen and oxygen atoms in total. The summed E-state index contributed by atoms with van der Waals surface area (Å²) in [4.78, 5) is 43.8. The number of nitrogens with zero attached hydrogens (tertiary/aromatic N) is 2. The van der Waals surface area contributed by atoms with Gasteiger partial charge in [0.25, 0.3) is 5.91 Å². The first kappa shape index (κ1) is 22.5. The first-order valence-electron chi connectivity index (χ1n) is 10.3. The van der Waals surface area contributed by atoms with Crippen molar-refractivity contribution in [3.63, 3.8) is 0 Å². The van der Waals surface area contributed by atoms with E-state index in [4.69, 9.17) is 9.47 Å². The van der Waals surface area contributed by atoms with Crippen LogP contribution in [0.25, 0.3) is 0 Å². The number of carbonyl (C=O) groups excluding carboxylic acids is 3. The fourth-order valence-electron chi connectivity index (χ4n) is 3.52. The van der Waals surface area contributed by atoms with Crippen LogP contribution in [0.4, 0.5) is 11.4 Å². The van der Waals surface area contributed by atoms with Crippen LogP contribution in [0.5, 0.6) is 5.75 Å². The molecule has 0 saturated heterocycles. The molecule has 2 aromatic carbocycles. The van der Waals surface area contributed by atoms with E-state index in [-0.39, 0.29) is 18.1 Å². The molecule has 4 rings (SSSR count). The molecule has 1 aliphatic heterocycles. The third-order valence-electron chi connectivity index (χ3n) is 5.21. The van der Waals surface area contributed by atoms with E-state index in [1.165, 1.54) is 16.2 Å². The molecule has 2 heterocycles. The van der Waals surface area contributed by atoms with Gasteiger partial charge in [0.2, 0.25) is 5.91 Å². The monoisotopic (exact) mass is 465 g/mol. The second-order valence-electron chi connectivity index (χ2n) is 8.01. The summed E-state index contributed by atoms with van der Waals surface area (Å²) < 4.78 is 11.0. The van der Waals surface area contributed by atoms with Gasteiger partial charge in [-0.1, -0.05) is 18.2 Å². The normalized spacial score (nSPS) is 14.3. The molecule has 9 heteroatoms. The molecule has 1 aromatic heterocycles. The van der Waals surface area contributed by atoms with Crippen LogP contribution in [0.2, 0.25) is 0 Å². The van der Waals surface area contributed by atoms with Gasteiger partial charge in [0.15, 0.2) is 6.61 Å². The molecule has 0 spiro atoms. The van der Waals surface area contributed by atoms with E-state index < -0.39 is 24.0 Å². The van der Waals surface area contributed by atoms with Crippen molar-refractivity contribution in [2.45, 2.75) is 32.9 Å². The van der Waals surface area contributed by atoms with Crippen LogP contribution < -0.4 is 15.0 Å². The number of ether oxygens (including phenoxy) is 2. The molecule has 0 aliphatic carbocycles. The molecule has 1 aliphatic rings. The number of anilines is 2. The number of amides is 2. The van der Waals surface area contributed by atoms with Crippen molar-refractivity contribution >= 4 is 40.5 Å². The maximum absolute atomic E-state index is 13.0. The zero-order valence-electron chi connectivity index (χ0n) is 18.5. The summed E-state index contributed by atoms with van der Waals surface area (Å²) in [6.45, 7) is 4.98. The number of esters is 1. The molecule has 0 saturated carbocycles. The van der Waals surface area contributed by atoms with Crippen LogP contribution in [-0.2, 0) is 20.9 Å². The van der Waals surface area contributed by atoms with Crippen molar-refractivity contribution < 1.29 is 23.9 Å². The largest absolute Gasteiger partial charge is 0.487 e. The quantitative estimate of drug-likeness (QED) is 0.554. The number of aromatic nitrogens is 1. The molecule has 170 valence electrons. The Balaban J connectivity index is 1.42. The Kier molecular flexibility index (Phi) is 6.15. The van der Waals surface area contributed by atoms with Crippen molar-refractivity contribution in [1.82, 2.24) is 4.98 Å². The van der Waals surface area contributed by atoms with Gasteiger partial charge in [-0.15, -0.1) is 11.3 Å². The van der Waals surface area contributed by atoms with Gasteiger partial charge in [0, 0.05) is 5.38 Å². The lowest BCUT2D eigenvalue weighted by atomic mass is 9.96. The van der Waals surface area contributed by atoms with Crippen molar-refractivity contribution in [3.05, 3.63) is 70.2 Å². The van der Waals surface area contributed by atoms with E-state index >= 15 is 0 Å². The van der Waals surface area contributed by atoms with Crippen molar-refractivity contribution in [2.75, 3.05) is 16.8 Å². The average molecular weight is 466 g/mol. The Morgan fingerprint density at radius 1 is 1.15 bits per heavy atom. The van der Waals surface area contributed by atoms with E-state index in [9.17, 15) is 14.4 Å². The smallest absolute Gasteiger partial charge is 0.338 e. The van der Waals surface area contributed by atoms with Gasteiger partial charge in [0.05, 0.1) is 27.6 Å². The molecule has 0 radical (unpaired) electrons. The van der Waals surface area contributed by atoms with Crippen LogP contribution in [0, 0.1) is 6.92 Å². The number of carbonyl (C=O) groups is 3. The Hall–Kier alpha value is -3.72. The zero-order chi connectivity index (χ0) is 23.6. The molecular formula is C24H23N3O5S. The lowest BCUT2D eigenvalue weighted by Gasteiger charge is -2.41. The molecule has 0 atom stereocenters. The SMILES string of the molecule is Cc1nc(COc2cccc(C(=O)OCC(=O)N3c4ccccc4NC(=O)C3(C)C)c2)cs1. The Bertz CT molecular complexity index is 1220. The highest BCUT2D eigenvalue weighted by molar-refractivity contribution is 7.09. The van der Waals surface area contributed by atoms with E-state index in [0.29, 0.717) is 17.1 Å². The number of rotatable bonds is 6. The number of benzene rings is 2. The van der Waals surface area contributed by atoms with Gasteiger partial charge in [0.1, 0.15) is 17.9 Å². The molecular weight excluding hydrogens is 442 g/mol. The Morgan fingerprint density at radius 3 is 2.70 bits per heavy atom. The fourth-order valence-corrected chi connectivity index (χ4v) is 4.12. The average Bonchev–Trinajstić information content (AvgIpc) is 3.22. The molecule has 0 fully saturated rings. The molecule has 0 unspecified atom stereocenters. The maximum Gasteiger partial charge on any atom is 0.338 e. The lowest BCUT2D eigenvalue weighted by Crippen LogP contribution is -2.59. The second kappa shape index (κ2) is 9.03. The molecule has 3 aromatic rings. The predicted octanol–water partition coefficient (Wildman–Crippen LogP) is 3.95. The minimum atomic E-state index is -1.14. The number of thiazole rings is 1. The summed E-state index contributed by atoms with van der Waals surface area (Å²) >= 11 is 1.54. The Morgan fingerprint density at radius 2 is 1.94 bits per heavy atom. The first-order chi connectivity index (χ1) is 15.8. The summed E-state index contributed by atoms with van der Waals surface area (Å²) in [5, 5.41) is 5.67. The topological polar surface area (TPSA) is 97.8 Å². The van der Waals surface area contributed by atoms with Gasteiger partial charge in [-0.3, -0.25) is 14.5 Å². The third kappa shape index (κ3) is 4.73. The minimum Gasteiger partial charge on any atom is -0.487 e. The number of aryl methyl sites for hydroxylation is 1. The van der Waals surface area contributed by atoms with E-state index in [1.54, 1.807) is 62.4 Å². The van der Waals surface area contributed by atoms with E-state index in [0.717, 1.165) is 10.7 Å². The number of nitrogens with one attached hydrogen (secondary N) is 1. The fraction of sp³-hybridized carbons (Fsp3) is 0.250. The highest BCUT2D eigenvalue weighted by atomic mass is 32.1. The number of para-hydroxylation sites is 2. The summed E-state index contributed by atoms with van der Waals surface area (Å²) in [6.07, 6.45) is 0. The summed E-state index contributed by atoms with van der Waals surface area (Å²) in [5.74, 6) is -0.988.